The monoisotopic (exact) mass is 423 g/mol. The fraction of sp³-hybridized carbons (Fsp3) is 0.793. The van der Waals surface area contributed by atoms with Crippen LogP contribution in [0.15, 0.2) is 30.3 Å². The maximum absolute atomic E-state index is 10.6. The van der Waals surface area contributed by atoms with Gasteiger partial charge < -0.3 is 10.4 Å². The van der Waals surface area contributed by atoms with Crippen LogP contribution in [-0.4, -0.2) is 16.7 Å². The molecule has 4 saturated carbocycles. The highest BCUT2D eigenvalue weighted by Crippen LogP contribution is 2.65. The summed E-state index contributed by atoms with van der Waals surface area (Å²) in [5, 5.41) is 14.6. The summed E-state index contributed by atoms with van der Waals surface area (Å²) >= 11 is 0. The summed E-state index contributed by atoms with van der Waals surface area (Å²) in [6.45, 7) is 9.54. The Bertz CT molecular complexity index is 759. The van der Waals surface area contributed by atoms with E-state index in [-0.39, 0.29) is 0 Å². The smallest absolute Gasteiger partial charge is 0.0622 e. The Morgan fingerprint density at radius 3 is 2.39 bits per heavy atom. The van der Waals surface area contributed by atoms with Crippen molar-refractivity contribution >= 4 is 0 Å². The third-order valence-corrected chi connectivity index (χ3v) is 10.7. The Hall–Kier alpha value is -0.860. The van der Waals surface area contributed by atoms with Gasteiger partial charge in [-0.05, 0) is 125 Å². The minimum atomic E-state index is -0.397. The molecule has 31 heavy (non-hydrogen) atoms. The number of rotatable bonds is 4. The molecule has 1 aromatic carbocycles. The maximum atomic E-state index is 10.6. The zero-order valence-electron chi connectivity index (χ0n) is 20.3. The minimum Gasteiger partial charge on any atom is -0.390 e. The molecule has 10 atom stereocenters. The van der Waals surface area contributed by atoms with Gasteiger partial charge in [-0.2, -0.15) is 0 Å². The fourth-order valence-corrected chi connectivity index (χ4v) is 9.29. The van der Waals surface area contributed by atoms with Gasteiger partial charge in [0.1, 0.15) is 0 Å². The van der Waals surface area contributed by atoms with E-state index in [0.29, 0.717) is 17.5 Å². The van der Waals surface area contributed by atoms with Gasteiger partial charge in [-0.1, -0.05) is 37.3 Å². The number of fused-ring (bicyclic) bond motifs is 5. The molecule has 0 aromatic heterocycles. The van der Waals surface area contributed by atoms with Gasteiger partial charge in [0.15, 0.2) is 0 Å². The lowest BCUT2D eigenvalue weighted by atomic mass is 9.49. The molecule has 5 rings (SSSR count). The molecule has 4 aliphatic carbocycles. The quantitative estimate of drug-likeness (QED) is 0.561. The minimum absolute atomic E-state index is 0.397. The molecule has 0 amide bonds. The van der Waals surface area contributed by atoms with Crippen molar-refractivity contribution in [3.8, 4) is 0 Å². The second-order valence-corrected chi connectivity index (χ2v) is 12.5. The molecule has 4 fully saturated rings. The molecule has 0 aliphatic heterocycles. The van der Waals surface area contributed by atoms with E-state index in [1.165, 1.54) is 50.5 Å². The highest BCUT2D eigenvalue weighted by molar-refractivity contribution is 5.18. The molecule has 0 bridgehead atoms. The van der Waals surface area contributed by atoms with Crippen molar-refractivity contribution in [2.45, 2.75) is 103 Å². The summed E-state index contributed by atoms with van der Waals surface area (Å²) in [6, 6.07) is 11.9. The number of hydrogen-bond acceptors (Lipinski definition) is 2. The van der Waals surface area contributed by atoms with Crippen LogP contribution in [0.2, 0.25) is 0 Å². The van der Waals surface area contributed by atoms with E-state index in [0.717, 1.165) is 48.3 Å². The van der Waals surface area contributed by atoms with E-state index in [9.17, 15) is 5.11 Å². The Balaban J connectivity index is 1.28. The van der Waals surface area contributed by atoms with Crippen LogP contribution in [0.1, 0.15) is 97.1 Å². The van der Waals surface area contributed by atoms with Gasteiger partial charge in [0.25, 0.3) is 0 Å². The number of nitrogens with one attached hydrogen (secondary N) is 1. The predicted octanol–water partition coefficient (Wildman–Crippen LogP) is 6.75. The predicted molar refractivity (Wildman–Crippen MR) is 129 cm³/mol. The van der Waals surface area contributed by atoms with Crippen LogP contribution in [0, 0.1) is 40.9 Å². The normalized spacial score (nSPS) is 46.5. The molecule has 2 heteroatoms. The van der Waals surface area contributed by atoms with Crippen molar-refractivity contribution in [1.29, 1.82) is 0 Å². The van der Waals surface area contributed by atoms with Crippen LogP contribution in [0.4, 0.5) is 0 Å². The van der Waals surface area contributed by atoms with Gasteiger partial charge in [-0.25, -0.2) is 0 Å². The molecule has 2 N–H and O–H groups in total. The van der Waals surface area contributed by atoms with Crippen LogP contribution in [0.25, 0.3) is 0 Å². The van der Waals surface area contributed by atoms with Crippen LogP contribution in [-0.2, 0) is 0 Å². The molecule has 0 saturated heterocycles. The van der Waals surface area contributed by atoms with Gasteiger partial charge >= 0.3 is 0 Å². The number of benzene rings is 1. The summed E-state index contributed by atoms with van der Waals surface area (Å²) in [4.78, 5) is 0. The van der Waals surface area contributed by atoms with Crippen molar-refractivity contribution in [3.05, 3.63) is 35.9 Å². The Labute approximate surface area is 190 Å². The Morgan fingerprint density at radius 1 is 0.871 bits per heavy atom. The third kappa shape index (κ3) is 3.90. The average molecular weight is 424 g/mol. The molecule has 1 unspecified atom stereocenters. The first-order valence-electron chi connectivity index (χ1n) is 13.3. The highest BCUT2D eigenvalue weighted by atomic mass is 16.3. The molecule has 172 valence electrons. The van der Waals surface area contributed by atoms with E-state index in [4.69, 9.17) is 0 Å². The molecule has 0 spiro atoms. The molecular weight excluding hydrogens is 378 g/mol. The van der Waals surface area contributed by atoms with Gasteiger partial charge in [0, 0.05) is 12.1 Å². The second kappa shape index (κ2) is 8.17. The first-order chi connectivity index (χ1) is 14.8. The summed E-state index contributed by atoms with van der Waals surface area (Å²) in [6.07, 6.45) is 11.9. The molecule has 1 aromatic rings. The van der Waals surface area contributed by atoms with Crippen LogP contribution in [0.3, 0.4) is 0 Å². The second-order valence-electron chi connectivity index (χ2n) is 12.5. The van der Waals surface area contributed by atoms with Crippen molar-refractivity contribution in [2.24, 2.45) is 40.9 Å². The van der Waals surface area contributed by atoms with E-state index in [2.05, 4.69) is 63.3 Å². The lowest BCUT2D eigenvalue weighted by Crippen LogP contribution is -2.52. The lowest BCUT2D eigenvalue weighted by Gasteiger charge is -2.57. The summed E-state index contributed by atoms with van der Waals surface area (Å²) < 4.78 is 0. The average Bonchev–Trinajstić information content (AvgIpc) is 3.10. The first kappa shape index (κ1) is 22.0. The first-order valence-corrected chi connectivity index (χ1v) is 13.3. The molecule has 2 nitrogen and oxygen atoms in total. The summed E-state index contributed by atoms with van der Waals surface area (Å²) in [5.41, 5.74) is 1.52. The van der Waals surface area contributed by atoms with Crippen molar-refractivity contribution < 1.29 is 5.11 Å². The molecule has 0 heterocycles. The van der Waals surface area contributed by atoms with Gasteiger partial charge in [0.2, 0.25) is 0 Å². The Kier molecular flexibility index (Phi) is 5.79. The summed E-state index contributed by atoms with van der Waals surface area (Å²) in [5.74, 6) is 5.31. The van der Waals surface area contributed by atoms with E-state index < -0.39 is 5.60 Å². The van der Waals surface area contributed by atoms with E-state index >= 15 is 0 Å². The molecule has 0 radical (unpaired) electrons. The van der Waals surface area contributed by atoms with Gasteiger partial charge in [-0.3, -0.25) is 0 Å². The van der Waals surface area contributed by atoms with Crippen LogP contribution >= 0.6 is 0 Å². The zero-order chi connectivity index (χ0) is 21.8. The van der Waals surface area contributed by atoms with Crippen LogP contribution < -0.4 is 5.32 Å². The van der Waals surface area contributed by atoms with E-state index in [1.54, 1.807) is 0 Å². The van der Waals surface area contributed by atoms with Crippen molar-refractivity contribution in [3.63, 3.8) is 0 Å². The molecule has 4 aliphatic rings. The lowest BCUT2D eigenvalue weighted by molar-refractivity contribution is -0.101. The van der Waals surface area contributed by atoms with E-state index in [1.807, 2.05) is 0 Å². The number of aliphatic hydroxyl groups is 1. The SMILES string of the molecule is C[C@H](N[C@H](C)C1CC[C@H]2[C@@H]3CC[C@@H]4C[C@](C)(O)CC[C@@H]4[C@H]3CC[C@]12C)c1ccccc1. The van der Waals surface area contributed by atoms with Crippen molar-refractivity contribution in [1.82, 2.24) is 5.32 Å². The topological polar surface area (TPSA) is 32.3 Å². The fourth-order valence-electron chi connectivity index (χ4n) is 9.29. The van der Waals surface area contributed by atoms with Gasteiger partial charge in [-0.15, -0.1) is 0 Å². The van der Waals surface area contributed by atoms with Gasteiger partial charge in [0.05, 0.1) is 5.60 Å². The summed E-state index contributed by atoms with van der Waals surface area (Å²) in [7, 11) is 0. The molecular formula is C29H45NO. The number of hydrogen-bond donors (Lipinski definition) is 2. The highest BCUT2D eigenvalue weighted by Gasteiger charge is 2.58. The zero-order valence-corrected chi connectivity index (χ0v) is 20.3. The standard InChI is InChI=1S/C29H45NO/c1-19(21-8-6-5-7-9-21)30-20(2)26-12-13-27-25-11-10-22-18-28(3,31)16-14-23(22)24(25)15-17-29(26,27)4/h5-9,19-20,22-27,30-31H,10-18H2,1-4H3/t19-,20+,22+,23-,24+,25+,26?,27-,28+,29+/m0/s1. The maximum Gasteiger partial charge on any atom is 0.0622 e. The van der Waals surface area contributed by atoms with Crippen molar-refractivity contribution in [2.75, 3.05) is 0 Å². The third-order valence-electron chi connectivity index (χ3n) is 10.7. The van der Waals surface area contributed by atoms with Crippen LogP contribution in [0.5, 0.6) is 0 Å². The Morgan fingerprint density at radius 2 is 1.61 bits per heavy atom. The largest absolute Gasteiger partial charge is 0.390 e.